The lowest BCUT2D eigenvalue weighted by atomic mass is 9.91. The molecule has 0 aromatic rings. The fourth-order valence-corrected chi connectivity index (χ4v) is 2.24. The fraction of sp³-hybridized carbons (Fsp3) is 1.00. The van der Waals surface area contributed by atoms with Crippen LogP contribution in [-0.2, 0) is 0 Å². The Morgan fingerprint density at radius 3 is 2.07 bits per heavy atom. The number of hydrogen-bond acceptors (Lipinski definition) is 1. The van der Waals surface area contributed by atoms with Gasteiger partial charge in [0.15, 0.2) is 0 Å². The molecular formula is C11H19F3O. The third kappa shape index (κ3) is 5.40. The summed E-state index contributed by atoms with van der Waals surface area (Å²) < 4.78 is 35.9. The SMILES string of the molecule is OC(CCC(F)(F)F)C1CCCCCC1. The maximum Gasteiger partial charge on any atom is 0.389 e. The van der Waals surface area contributed by atoms with Gasteiger partial charge in [0.05, 0.1) is 6.10 Å². The predicted octanol–water partition coefficient (Wildman–Crippen LogP) is 3.66. The van der Waals surface area contributed by atoms with Crippen LogP contribution in [0.15, 0.2) is 0 Å². The smallest absolute Gasteiger partial charge is 0.389 e. The number of halogens is 3. The Labute approximate surface area is 88.7 Å². The van der Waals surface area contributed by atoms with E-state index in [1.807, 2.05) is 0 Å². The van der Waals surface area contributed by atoms with Crippen molar-refractivity contribution in [3.63, 3.8) is 0 Å². The number of hydrogen-bond donors (Lipinski definition) is 1. The summed E-state index contributed by atoms with van der Waals surface area (Å²) in [5.74, 6) is 0.0925. The molecular weight excluding hydrogens is 205 g/mol. The Kier molecular flexibility index (Phi) is 4.90. The Hall–Kier alpha value is -0.250. The van der Waals surface area contributed by atoms with Gasteiger partial charge in [-0.2, -0.15) is 13.2 Å². The van der Waals surface area contributed by atoms with E-state index >= 15 is 0 Å². The van der Waals surface area contributed by atoms with Gasteiger partial charge in [0.25, 0.3) is 0 Å². The lowest BCUT2D eigenvalue weighted by molar-refractivity contribution is -0.141. The first-order valence-corrected chi connectivity index (χ1v) is 5.74. The molecule has 1 saturated carbocycles. The van der Waals surface area contributed by atoms with E-state index in [4.69, 9.17) is 0 Å². The average molecular weight is 224 g/mol. The van der Waals surface area contributed by atoms with Crippen LogP contribution in [0.5, 0.6) is 0 Å². The molecule has 0 amide bonds. The van der Waals surface area contributed by atoms with E-state index in [-0.39, 0.29) is 12.3 Å². The van der Waals surface area contributed by atoms with Crippen molar-refractivity contribution in [3.05, 3.63) is 0 Å². The van der Waals surface area contributed by atoms with Crippen LogP contribution < -0.4 is 0 Å². The van der Waals surface area contributed by atoms with Crippen LogP contribution in [-0.4, -0.2) is 17.4 Å². The lowest BCUT2D eigenvalue weighted by Crippen LogP contribution is -2.22. The minimum absolute atomic E-state index is 0.0925. The monoisotopic (exact) mass is 224 g/mol. The summed E-state index contributed by atoms with van der Waals surface area (Å²) in [6.07, 6.45) is 0.305. The second kappa shape index (κ2) is 5.73. The van der Waals surface area contributed by atoms with Gasteiger partial charge in [0.2, 0.25) is 0 Å². The topological polar surface area (TPSA) is 20.2 Å². The molecule has 1 rings (SSSR count). The third-order valence-corrected chi connectivity index (χ3v) is 3.17. The standard InChI is InChI=1S/C11H19F3O/c12-11(13,14)8-7-10(15)9-5-3-1-2-4-6-9/h9-10,15H,1-8H2. The molecule has 1 fully saturated rings. The van der Waals surface area contributed by atoms with Crippen LogP contribution in [0, 0.1) is 5.92 Å². The summed E-state index contributed by atoms with van der Waals surface area (Å²) in [6.45, 7) is 0. The summed E-state index contributed by atoms with van der Waals surface area (Å²) in [7, 11) is 0. The predicted molar refractivity (Wildman–Crippen MR) is 52.5 cm³/mol. The van der Waals surface area contributed by atoms with Gasteiger partial charge in [-0.05, 0) is 25.2 Å². The maximum absolute atomic E-state index is 12.0. The molecule has 0 aliphatic heterocycles. The number of rotatable bonds is 3. The van der Waals surface area contributed by atoms with Gasteiger partial charge in [-0.25, -0.2) is 0 Å². The summed E-state index contributed by atoms with van der Waals surface area (Å²) in [5.41, 5.74) is 0. The van der Waals surface area contributed by atoms with E-state index in [1.54, 1.807) is 0 Å². The second-order valence-corrected chi connectivity index (χ2v) is 4.47. The summed E-state index contributed by atoms with van der Waals surface area (Å²) in [5, 5.41) is 9.66. The van der Waals surface area contributed by atoms with Crippen molar-refractivity contribution < 1.29 is 18.3 Å². The molecule has 0 aromatic carbocycles. The molecule has 1 aliphatic carbocycles. The largest absolute Gasteiger partial charge is 0.393 e. The van der Waals surface area contributed by atoms with E-state index in [1.165, 1.54) is 0 Å². The molecule has 0 heterocycles. The van der Waals surface area contributed by atoms with Gasteiger partial charge < -0.3 is 5.11 Å². The minimum atomic E-state index is -4.13. The van der Waals surface area contributed by atoms with Gasteiger partial charge in [-0.3, -0.25) is 0 Å². The minimum Gasteiger partial charge on any atom is -0.393 e. The molecule has 0 aromatic heterocycles. The number of aliphatic hydroxyl groups is 1. The third-order valence-electron chi connectivity index (χ3n) is 3.17. The second-order valence-electron chi connectivity index (χ2n) is 4.47. The van der Waals surface area contributed by atoms with E-state index < -0.39 is 18.7 Å². The van der Waals surface area contributed by atoms with E-state index in [2.05, 4.69) is 0 Å². The Morgan fingerprint density at radius 1 is 1.07 bits per heavy atom. The van der Waals surface area contributed by atoms with Crippen LogP contribution in [0.2, 0.25) is 0 Å². The zero-order chi connectivity index (χ0) is 11.3. The normalized spacial score (nSPS) is 22.4. The highest BCUT2D eigenvalue weighted by molar-refractivity contribution is 4.73. The molecule has 0 bridgehead atoms. The summed E-state index contributed by atoms with van der Waals surface area (Å²) >= 11 is 0. The summed E-state index contributed by atoms with van der Waals surface area (Å²) in [6, 6.07) is 0. The van der Waals surface area contributed by atoms with Crippen LogP contribution in [0.3, 0.4) is 0 Å². The molecule has 0 spiro atoms. The van der Waals surface area contributed by atoms with Crippen LogP contribution in [0.4, 0.5) is 13.2 Å². The van der Waals surface area contributed by atoms with Crippen LogP contribution in [0.25, 0.3) is 0 Å². The van der Waals surface area contributed by atoms with E-state index in [0.29, 0.717) is 0 Å². The first kappa shape index (κ1) is 12.8. The van der Waals surface area contributed by atoms with Gasteiger partial charge in [0, 0.05) is 6.42 Å². The zero-order valence-corrected chi connectivity index (χ0v) is 8.89. The first-order valence-electron chi connectivity index (χ1n) is 5.74. The first-order chi connectivity index (χ1) is 6.99. The van der Waals surface area contributed by atoms with Crippen LogP contribution >= 0.6 is 0 Å². The Bertz CT molecular complexity index is 171. The van der Waals surface area contributed by atoms with Crippen LogP contribution in [0.1, 0.15) is 51.4 Å². The van der Waals surface area contributed by atoms with Crippen molar-refractivity contribution in [2.75, 3.05) is 0 Å². The van der Waals surface area contributed by atoms with Crippen molar-refractivity contribution >= 4 is 0 Å². The fourth-order valence-electron chi connectivity index (χ4n) is 2.24. The summed E-state index contributed by atoms with van der Waals surface area (Å²) in [4.78, 5) is 0. The zero-order valence-electron chi connectivity index (χ0n) is 8.89. The van der Waals surface area contributed by atoms with Gasteiger partial charge in [-0.1, -0.05) is 25.7 Å². The van der Waals surface area contributed by atoms with Gasteiger partial charge in [0.1, 0.15) is 0 Å². The molecule has 15 heavy (non-hydrogen) atoms. The molecule has 90 valence electrons. The maximum atomic E-state index is 12.0. The molecule has 1 nitrogen and oxygen atoms in total. The quantitative estimate of drug-likeness (QED) is 0.725. The van der Waals surface area contributed by atoms with Crippen molar-refractivity contribution in [1.29, 1.82) is 0 Å². The van der Waals surface area contributed by atoms with Crippen molar-refractivity contribution in [2.24, 2.45) is 5.92 Å². The van der Waals surface area contributed by atoms with Crippen molar-refractivity contribution in [2.45, 2.75) is 63.6 Å². The van der Waals surface area contributed by atoms with E-state index in [0.717, 1.165) is 38.5 Å². The lowest BCUT2D eigenvalue weighted by Gasteiger charge is -2.21. The molecule has 1 atom stereocenters. The highest BCUT2D eigenvalue weighted by atomic mass is 19.4. The highest BCUT2D eigenvalue weighted by Crippen LogP contribution is 2.30. The molecule has 4 heteroatoms. The number of alkyl halides is 3. The average Bonchev–Trinajstić information content (AvgIpc) is 2.41. The van der Waals surface area contributed by atoms with Gasteiger partial charge in [-0.15, -0.1) is 0 Å². The Morgan fingerprint density at radius 2 is 1.60 bits per heavy atom. The highest BCUT2D eigenvalue weighted by Gasteiger charge is 2.30. The molecule has 0 radical (unpaired) electrons. The van der Waals surface area contributed by atoms with Crippen molar-refractivity contribution in [1.82, 2.24) is 0 Å². The van der Waals surface area contributed by atoms with Gasteiger partial charge >= 0.3 is 6.18 Å². The molecule has 1 N–H and O–H groups in total. The van der Waals surface area contributed by atoms with Crippen molar-refractivity contribution in [3.8, 4) is 0 Å². The molecule has 1 unspecified atom stereocenters. The molecule has 1 aliphatic rings. The number of aliphatic hydroxyl groups excluding tert-OH is 1. The molecule has 0 saturated heterocycles. The van der Waals surface area contributed by atoms with E-state index in [9.17, 15) is 18.3 Å². The Balaban J connectivity index is 2.28.